The van der Waals surface area contributed by atoms with E-state index in [9.17, 15) is 9.90 Å². The first kappa shape index (κ1) is 16.4. The molecule has 0 saturated heterocycles. The van der Waals surface area contributed by atoms with Crippen LogP contribution < -0.4 is 10.1 Å². The summed E-state index contributed by atoms with van der Waals surface area (Å²) in [4.78, 5) is 16.3. The Bertz CT molecular complexity index is 626. The quantitative estimate of drug-likeness (QED) is 0.872. The molecule has 1 aromatic rings. The minimum atomic E-state index is -0.968. The number of hydrogen-bond acceptors (Lipinski definition) is 5. The van der Waals surface area contributed by atoms with Gasteiger partial charge in [0.25, 0.3) is 0 Å². The Labute approximate surface area is 134 Å². The second-order valence-corrected chi connectivity index (χ2v) is 5.98. The van der Waals surface area contributed by atoms with Crippen molar-refractivity contribution in [2.75, 3.05) is 12.9 Å². The molecule has 0 bridgehead atoms. The number of thioether (sulfide) groups is 1. The first-order chi connectivity index (χ1) is 10.6. The highest BCUT2D eigenvalue weighted by atomic mass is 32.2. The van der Waals surface area contributed by atoms with Gasteiger partial charge in [-0.3, -0.25) is 0 Å². The van der Waals surface area contributed by atoms with Crippen molar-refractivity contribution in [1.82, 2.24) is 5.32 Å². The summed E-state index contributed by atoms with van der Waals surface area (Å²) in [6.07, 6.45) is 1.03. The van der Waals surface area contributed by atoms with Gasteiger partial charge in [-0.1, -0.05) is 36.9 Å². The number of para-hydroxylation sites is 1. The standard InChI is InChI=1S/C16H20N2O3S/c1-4-9-22-16-17-10(2)13(15(19)20)14(18-16)11-7-5-6-8-12(11)21-3/h5-8,14H,4,9H2,1-3H3,(H,17,18)(H,19,20). The Balaban J connectivity index is 2.47. The molecule has 6 heteroatoms. The lowest BCUT2D eigenvalue weighted by atomic mass is 9.96. The van der Waals surface area contributed by atoms with Crippen LogP contribution in [0.15, 0.2) is 40.5 Å². The van der Waals surface area contributed by atoms with Crippen LogP contribution in [0.25, 0.3) is 0 Å². The SMILES string of the molecule is CCCSC1=NC(c2ccccc2OC)C(C(=O)O)=C(C)N1. The highest BCUT2D eigenvalue weighted by molar-refractivity contribution is 8.13. The van der Waals surface area contributed by atoms with Crippen molar-refractivity contribution in [3.8, 4) is 5.75 Å². The number of carbonyl (C=O) groups is 1. The van der Waals surface area contributed by atoms with Crippen LogP contribution in [0, 0.1) is 0 Å². The van der Waals surface area contributed by atoms with Gasteiger partial charge in [-0.15, -0.1) is 0 Å². The molecule has 0 spiro atoms. The molecule has 0 fully saturated rings. The van der Waals surface area contributed by atoms with Gasteiger partial charge in [0, 0.05) is 17.0 Å². The van der Waals surface area contributed by atoms with Crippen molar-refractivity contribution in [2.45, 2.75) is 26.3 Å². The van der Waals surface area contributed by atoms with Gasteiger partial charge >= 0.3 is 5.97 Å². The lowest BCUT2D eigenvalue weighted by Gasteiger charge is -2.25. The summed E-state index contributed by atoms with van der Waals surface area (Å²) in [5, 5.41) is 13.4. The zero-order valence-corrected chi connectivity index (χ0v) is 13.7. The number of hydrogen-bond donors (Lipinski definition) is 2. The number of allylic oxidation sites excluding steroid dienone is 1. The number of ether oxygens (including phenoxy) is 1. The number of nitrogens with zero attached hydrogens (tertiary/aromatic N) is 1. The van der Waals surface area contributed by atoms with E-state index >= 15 is 0 Å². The number of rotatable bonds is 5. The van der Waals surface area contributed by atoms with Crippen LogP contribution in [0.1, 0.15) is 31.9 Å². The minimum absolute atomic E-state index is 0.255. The second kappa shape index (κ2) is 7.35. The van der Waals surface area contributed by atoms with Gasteiger partial charge in [0.05, 0.1) is 12.7 Å². The molecule has 2 rings (SSSR count). The van der Waals surface area contributed by atoms with Crippen LogP contribution in [-0.4, -0.2) is 29.1 Å². The summed E-state index contributed by atoms with van der Waals surface area (Å²) < 4.78 is 5.37. The number of benzene rings is 1. The maximum absolute atomic E-state index is 11.7. The van der Waals surface area contributed by atoms with Crippen LogP contribution >= 0.6 is 11.8 Å². The van der Waals surface area contributed by atoms with Crippen LogP contribution in [-0.2, 0) is 4.79 Å². The summed E-state index contributed by atoms with van der Waals surface area (Å²) in [6.45, 7) is 3.87. The number of carboxylic acids is 1. The van der Waals surface area contributed by atoms with Crippen LogP contribution in [0.3, 0.4) is 0 Å². The van der Waals surface area contributed by atoms with E-state index in [-0.39, 0.29) is 5.57 Å². The van der Waals surface area contributed by atoms with E-state index in [1.165, 1.54) is 0 Å². The zero-order valence-electron chi connectivity index (χ0n) is 12.9. The Morgan fingerprint density at radius 1 is 1.45 bits per heavy atom. The molecule has 1 heterocycles. The smallest absolute Gasteiger partial charge is 0.335 e. The van der Waals surface area contributed by atoms with Crippen molar-refractivity contribution in [2.24, 2.45) is 4.99 Å². The number of aliphatic imine (C=N–C) groups is 1. The van der Waals surface area contributed by atoms with Gasteiger partial charge in [-0.2, -0.15) is 0 Å². The average molecular weight is 320 g/mol. The number of aliphatic carboxylic acids is 1. The molecule has 0 saturated carbocycles. The molecule has 22 heavy (non-hydrogen) atoms. The van der Waals surface area contributed by atoms with E-state index in [1.807, 2.05) is 24.3 Å². The number of amidine groups is 1. The van der Waals surface area contributed by atoms with Crippen LogP contribution in [0.2, 0.25) is 0 Å². The molecule has 1 aliphatic rings. The lowest BCUT2D eigenvalue weighted by molar-refractivity contribution is -0.133. The monoisotopic (exact) mass is 320 g/mol. The van der Waals surface area contributed by atoms with Gasteiger partial charge in [-0.05, 0) is 19.4 Å². The summed E-state index contributed by atoms with van der Waals surface area (Å²) in [5.74, 6) is 0.605. The van der Waals surface area contributed by atoms with Crippen molar-refractivity contribution >= 4 is 22.9 Å². The van der Waals surface area contributed by atoms with E-state index in [0.29, 0.717) is 11.4 Å². The van der Waals surface area contributed by atoms with Crippen LogP contribution in [0.5, 0.6) is 5.75 Å². The van der Waals surface area contributed by atoms with Crippen LogP contribution in [0.4, 0.5) is 0 Å². The third-order valence-corrected chi connectivity index (χ3v) is 4.42. The second-order valence-electron chi connectivity index (χ2n) is 4.90. The molecule has 1 aromatic carbocycles. The fourth-order valence-corrected chi connectivity index (χ4v) is 3.12. The molecule has 2 N–H and O–H groups in total. The van der Waals surface area contributed by atoms with E-state index in [4.69, 9.17) is 4.74 Å². The Hall–Kier alpha value is -1.95. The third kappa shape index (κ3) is 3.44. The van der Waals surface area contributed by atoms with Gasteiger partial charge in [0.1, 0.15) is 11.8 Å². The summed E-state index contributed by atoms with van der Waals surface area (Å²) in [7, 11) is 1.58. The topological polar surface area (TPSA) is 70.9 Å². The predicted molar refractivity (Wildman–Crippen MR) is 89.4 cm³/mol. The number of nitrogens with one attached hydrogen (secondary N) is 1. The molecular formula is C16H20N2O3S. The van der Waals surface area contributed by atoms with E-state index in [2.05, 4.69) is 17.2 Å². The molecule has 0 amide bonds. The maximum Gasteiger partial charge on any atom is 0.335 e. The first-order valence-electron chi connectivity index (χ1n) is 7.13. The van der Waals surface area contributed by atoms with Gasteiger partial charge < -0.3 is 15.2 Å². The fourth-order valence-electron chi connectivity index (χ4n) is 2.31. The Kier molecular flexibility index (Phi) is 5.49. The predicted octanol–water partition coefficient (Wildman–Crippen LogP) is 3.20. The van der Waals surface area contributed by atoms with E-state index in [1.54, 1.807) is 25.8 Å². The van der Waals surface area contributed by atoms with E-state index in [0.717, 1.165) is 22.9 Å². The molecule has 0 radical (unpaired) electrons. The molecule has 1 aliphatic heterocycles. The molecule has 1 unspecified atom stereocenters. The summed E-state index contributed by atoms with van der Waals surface area (Å²) in [5.41, 5.74) is 1.64. The molecule has 118 valence electrons. The minimum Gasteiger partial charge on any atom is -0.496 e. The van der Waals surface area contributed by atoms with E-state index < -0.39 is 12.0 Å². The fraction of sp³-hybridized carbons (Fsp3) is 0.375. The van der Waals surface area contributed by atoms with Gasteiger partial charge in [0.15, 0.2) is 5.17 Å². The highest BCUT2D eigenvalue weighted by Crippen LogP contribution is 2.36. The molecule has 0 aliphatic carbocycles. The average Bonchev–Trinajstić information content (AvgIpc) is 2.51. The normalized spacial score (nSPS) is 17.8. The number of carboxylic acid groups (broad SMARTS) is 1. The maximum atomic E-state index is 11.7. The molecule has 5 nitrogen and oxygen atoms in total. The Morgan fingerprint density at radius 2 is 2.18 bits per heavy atom. The molecular weight excluding hydrogens is 300 g/mol. The Morgan fingerprint density at radius 3 is 2.82 bits per heavy atom. The van der Waals surface area contributed by atoms with Gasteiger partial charge in [-0.25, -0.2) is 9.79 Å². The van der Waals surface area contributed by atoms with Crippen molar-refractivity contribution in [1.29, 1.82) is 0 Å². The summed E-state index contributed by atoms with van der Waals surface area (Å²) >= 11 is 1.60. The molecule has 1 atom stereocenters. The van der Waals surface area contributed by atoms with Gasteiger partial charge in [0.2, 0.25) is 0 Å². The lowest BCUT2D eigenvalue weighted by Crippen LogP contribution is -2.30. The third-order valence-electron chi connectivity index (χ3n) is 3.33. The van der Waals surface area contributed by atoms with Crippen molar-refractivity contribution in [3.05, 3.63) is 41.1 Å². The zero-order chi connectivity index (χ0) is 16.1. The van der Waals surface area contributed by atoms with Crippen molar-refractivity contribution < 1.29 is 14.6 Å². The summed E-state index contributed by atoms with van der Waals surface area (Å²) in [6, 6.07) is 6.84. The number of methoxy groups -OCH3 is 1. The first-order valence-corrected chi connectivity index (χ1v) is 8.11. The largest absolute Gasteiger partial charge is 0.496 e. The van der Waals surface area contributed by atoms with Crippen molar-refractivity contribution in [3.63, 3.8) is 0 Å². The highest BCUT2D eigenvalue weighted by Gasteiger charge is 2.30. The molecule has 0 aromatic heterocycles.